The molecule has 1 aliphatic rings. The van der Waals surface area contributed by atoms with Crippen molar-refractivity contribution < 1.29 is 28.1 Å². The molecule has 0 bridgehead atoms. The number of halogens is 2. The second kappa shape index (κ2) is 7.52. The summed E-state index contributed by atoms with van der Waals surface area (Å²) in [6.07, 6.45) is 0.747. The Bertz CT molecular complexity index is 408. The summed E-state index contributed by atoms with van der Waals surface area (Å²) in [5, 5.41) is 9.47. The summed E-state index contributed by atoms with van der Waals surface area (Å²) in [6, 6.07) is 6.36. The smallest absolute Gasteiger partial charge is 0.387 e. The largest absolute Gasteiger partial charge is 0.434 e. The molecule has 2 rings (SSSR count). The Morgan fingerprint density at radius 3 is 2.60 bits per heavy atom. The summed E-state index contributed by atoms with van der Waals surface area (Å²) in [7, 11) is 0. The Morgan fingerprint density at radius 2 is 1.95 bits per heavy atom. The predicted octanol–water partition coefficient (Wildman–Crippen LogP) is 2.52. The number of alkyl halides is 2. The van der Waals surface area contributed by atoms with Crippen molar-refractivity contribution in [2.45, 2.75) is 31.7 Å². The summed E-state index contributed by atoms with van der Waals surface area (Å²) in [5.41, 5.74) is 0.432. The van der Waals surface area contributed by atoms with Crippen LogP contribution in [0.4, 0.5) is 8.78 Å². The SMILES string of the molecule is OCC(OC1CCOCC1)c1ccccc1OC(F)F. The van der Waals surface area contributed by atoms with E-state index in [9.17, 15) is 13.9 Å². The van der Waals surface area contributed by atoms with Crippen molar-refractivity contribution in [3.63, 3.8) is 0 Å². The molecular formula is C14H18F2O4. The van der Waals surface area contributed by atoms with Gasteiger partial charge in [-0.25, -0.2) is 0 Å². The monoisotopic (exact) mass is 288 g/mol. The molecule has 0 aromatic heterocycles. The van der Waals surface area contributed by atoms with E-state index < -0.39 is 12.7 Å². The van der Waals surface area contributed by atoms with Crippen LogP contribution in [0.1, 0.15) is 24.5 Å². The molecule has 4 nitrogen and oxygen atoms in total. The van der Waals surface area contributed by atoms with Gasteiger partial charge in [0.2, 0.25) is 0 Å². The summed E-state index contributed by atoms with van der Waals surface area (Å²) < 4.78 is 40.3. The lowest BCUT2D eigenvalue weighted by Gasteiger charge is -2.27. The van der Waals surface area contributed by atoms with Crippen LogP contribution in [-0.4, -0.2) is 37.6 Å². The van der Waals surface area contributed by atoms with Gasteiger partial charge in [-0.1, -0.05) is 18.2 Å². The highest BCUT2D eigenvalue weighted by atomic mass is 19.3. The Morgan fingerprint density at radius 1 is 1.25 bits per heavy atom. The van der Waals surface area contributed by atoms with E-state index in [1.54, 1.807) is 18.2 Å². The third kappa shape index (κ3) is 4.13. The fraction of sp³-hybridized carbons (Fsp3) is 0.571. The number of hydrogen-bond acceptors (Lipinski definition) is 4. The fourth-order valence-electron chi connectivity index (χ4n) is 2.21. The van der Waals surface area contributed by atoms with Crippen molar-refractivity contribution in [1.29, 1.82) is 0 Å². The lowest BCUT2D eigenvalue weighted by Crippen LogP contribution is -2.26. The zero-order chi connectivity index (χ0) is 14.4. The first-order chi connectivity index (χ1) is 9.70. The Hall–Kier alpha value is -1.24. The number of ether oxygens (including phenoxy) is 3. The van der Waals surface area contributed by atoms with Gasteiger partial charge >= 0.3 is 6.61 Å². The van der Waals surface area contributed by atoms with E-state index in [0.717, 1.165) is 12.8 Å². The van der Waals surface area contributed by atoms with Crippen LogP contribution >= 0.6 is 0 Å². The quantitative estimate of drug-likeness (QED) is 0.874. The molecule has 6 heteroatoms. The molecule has 0 spiro atoms. The van der Waals surface area contributed by atoms with Gasteiger partial charge in [0.25, 0.3) is 0 Å². The molecule has 0 amide bonds. The predicted molar refractivity (Wildman–Crippen MR) is 67.8 cm³/mol. The van der Waals surface area contributed by atoms with Crippen molar-refractivity contribution in [3.8, 4) is 5.75 Å². The number of aliphatic hydroxyl groups is 1. The van der Waals surface area contributed by atoms with Crippen molar-refractivity contribution in [3.05, 3.63) is 29.8 Å². The molecule has 0 saturated carbocycles. The molecule has 1 fully saturated rings. The van der Waals surface area contributed by atoms with Crippen molar-refractivity contribution in [1.82, 2.24) is 0 Å². The summed E-state index contributed by atoms with van der Waals surface area (Å²) in [5.74, 6) is 0.0357. The van der Waals surface area contributed by atoms with E-state index in [4.69, 9.17) is 9.47 Å². The van der Waals surface area contributed by atoms with Gasteiger partial charge in [-0.2, -0.15) is 8.78 Å². The number of hydrogen-bond donors (Lipinski definition) is 1. The zero-order valence-electron chi connectivity index (χ0n) is 11.0. The van der Waals surface area contributed by atoms with Gasteiger partial charge in [0.05, 0.1) is 12.7 Å². The van der Waals surface area contributed by atoms with Gasteiger partial charge in [0.1, 0.15) is 11.9 Å². The van der Waals surface area contributed by atoms with Crippen molar-refractivity contribution >= 4 is 0 Å². The first-order valence-corrected chi connectivity index (χ1v) is 6.58. The molecule has 0 radical (unpaired) electrons. The molecule has 1 saturated heterocycles. The highest BCUT2D eigenvalue weighted by Crippen LogP contribution is 2.30. The van der Waals surface area contributed by atoms with Gasteiger partial charge in [0.15, 0.2) is 0 Å². The van der Waals surface area contributed by atoms with E-state index in [2.05, 4.69) is 4.74 Å². The average Bonchev–Trinajstić information content (AvgIpc) is 2.46. The Labute approximate surface area is 116 Å². The lowest BCUT2D eigenvalue weighted by molar-refractivity contribution is -0.0889. The molecule has 20 heavy (non-hydrogen) atoms. The third-order valence-corrected chi connectivity index (χ3v) is 3.17. The molecule has 0 aliphatic carbocycles. The van der Waals surface area contributed by atoms with Crippen molar-refractivity contribution in [2.24, 2.45) is 0 Å². The standard InChI is InChI=1S/C14H18F2O4/c15-14(16)20-12-4-2-1-3-11(12)13(9-17)19-10-5-7-18-8-6-10/h1-4,10,13-14,17H,5-9H2. The molecule has 1 aromatic rings. The number of aliphatic hydroxyl groups excluding tert-OH is 1. The van der Waals surface area contributed by atoms with Crippen LogP contribution in [0.5, 0.6) is 5.75 Å². The molecule has 1 atom stereocenters. The maximum absolute atomic E-state index is 12.4. The van der Waals surface area contributed by atoms with E-state index >= 15 is 0 Å². The maximum atomic E-state index is 12.4. The zero-order valence-corrected chi connectivity index (χ0v) is 11.0. The van der Waals surface area contributed by atoms with Crippen molar-refractivity contribution in [2.75, 3.05) is 19.8 Å². The molecule has 1 unspecified atom stereocenters. The normalized spacial score (nSPS) is 18.2. The molecule has 1 aliphatic heterocycles. The van der Waals surface area contributed by atoms with Gasteiger partial charge in [-0.3, -0.25) is 0 Å². The van der Waals surface area contributed by atoms with Crippen LogP contribution in [0, 0.1) is 0 Å². The minimum atomic E-state index is -2.90. The number of rotatable bonds is 6. The molecule has 1 heterocycles. The summed E-state index contributed by atoms with van der Waals surface area (Å²) >= 11 is 0. The number of benzene rings is 1. The highest BCUT2D eigenvalue weighted by molar-refractivity contribution is 5.35. The second-order valence-electron chi connectivity index (χ2n) is 4.54. The molecular weight excluding hydrogens is 270 g/mol. The van der Waals surface area contributed by atoms with Crippen LogP contribution in [-0.2, 0) is 9.47 Å². The number of para-hydroxylation sites is 1. The average molecular weight is 288 g/mol. The van der Waals surface area contributed by atoms with E-state index in [0.29, 0.717) is 18.8 Å². The molecule has 112 valence electrons. The third-order valence-electron chi connectivity index (χ3n) is 3.17. The van der Waals surface area contributed by atoms with Crippen LogP contribution in [0.25, 0.3) is 0 Å². The Balaban J connectivity index is 2.09. The topological polar surface area (TPSA) is 47.9 Å². The molecule has 1 N–H and O–H groups in total. The maximum Gasteiger partial charge on any atom is 0.387 e. The fourth-order valence-corrected chi connectivity index (χ4v) is 2.21. The van der Waals surface area contributed by atoms with E-state index in [-0.39, 0.29) is 18.5 Å². The van der Waals surface area contributed by atoms with E-state index in [1.807, 2.05) is 0 Å². The van der Waals surface area contributed by atoms with Crippen LogP contribution in [0.15, 0.2) is 24.3 Å². The van der Waals surface area contributed by atoms with Crippen LogP contribution in [0.3, 0.4) is 0 Å². The molecule has 1 aromatic carbocycles. The highest BCUT2D eigenvalue weighted by Gasteiger charge is 2.23. The minimum absolute atomic E-state index is 0.0357. The van der Waals surface area contributed by atoms with Gasteiger partial charge in [-0.15, -0.1) is 0 Å². The summed E-state index contributed by atoms with van der Waals surface area (Å²) in [4.78, 5) is 0. The van der Waals surface area contributed by atoms with E-state index in [1.165, 1.54) is 6.07 Å². The lowest BCUT2D eigenvalue weighted by atomic mass is 10.1. The summed E-state index contributed by atoms with van der Waals surface area (Å²) in [6.45, 7) is -1.98. The van der Waals surface area contributed by atoms with Crippen LogP contribution in [0.2, 0.25) is 0 Å². The first-order valence-electron chi connectivity index (χ1n) is 6.58. The van der Waals surface area contributed by atoms with Crippen LogP contribution < -0.4 is 4.74 Å². The minimum Gasteiger partial charge on any atom is -0.434 e. The van der Waals surface area contributed by atoms with Gasteiger partial charge in [-0.05, 0) is 18.9 Å². The van der Waals surface area contributed by atoms with Gasteiger partial charge in [0, 0.05) is 18.8 Å². The Kier molecular flexibility index (Phi) is 5.70. The first kappa shape index (κ1) is 15.2. The second-order valence-corrected chi connectivity index (χ2v) is 4.54. The van der Waals surface area contributed by atoms with Gasteiger partial charge < -0.3 is 19.3 Å².